The van der Waals surface area contributed by atoms with Gasteiger partial charge < -0.3 is 10.4 Å². The van der Waals surface area contributed by atoms with Crippen molar-refractivity contribution in [1.29, 1.82) is 0 Å². The van der Waals surface area contributed by atoms with E-state index in [1.165, 1.54) is 11.3 Å². The molecular formula is C15H12ClNO2S. The van der Waals surface area contributed by atoms with E-state index >= 15 is 0 Å². The molecule has 1 aromatic heterocycles. The molecule has 3 nitrogen and oxygen atoms in total. The Morgan fingerprint density at radius 1 is 1.45 bits per heavy atom. The molecule has 102 valence electrons. The van der Waals surface area contributed by atoms with Crippen molar-refractivity contribution in [2.24, 2.45) is 0 Å². The van der Waals surface area contributed by atoms with Crippen LogP contribution in [0.4, 0.5) is 5.69 Å². The zero-order valence-corrected chi connectivity index (χ0v) is 12.3. The normalized spacial score (nSPS) is 9.75. The molecule has 0 aliphatic rings. The van der Waals surface area contributed by atoms with Gasteiger partial charge in [-0.05, 0) is 36.1 Å². The second kappa shape index (κ2) is 6.58. The predicted molar refractivity (Wildman–Crippen MR) is 82.4 cm³/mol. The molecule has 0 saturated carbocycles. The summed E-state index contributed by atoms with van der Waals surface area (Å²) in [6.07, 6.45) is 0. The fourth-order valence-electron chi connectivity index (χ4n) is 1.63. The fraction of sp³-hybridized carbons (Fsp3) is 0.133. The maximum Gasteiger partial charge on any atom is 0.267 e. The van der Waals surface area contributed by atoms with Gasteiger partial charge in [0, 0.05) is 5.56 Å². The lowest BCUT2D eigenvalue weighted by atomic mass is 10.2. The first-order chi connectivity index (χ1) is 9.61. The van der Waals surface area contributed by atoms with Crippen molar-refractivity contribution in [1.82, 2.24) is 0 Å². The molecule has 20 heavy (non-hydrogen) atoms. The van der Waals surface area contributed by atoms with Gasteiger partial charge in [0.2, 0.25) is 0 Å². The maximum absolute atomic E-state index is 12.2. The summed E-state index contributed by atoms with van der Waals surface area (Å²) in [5, 5.41) is 13.8. The highest BCUT2D eigenvalue weighted by Gasteiger charge is 2.13. The van der Waals surface area contributed by atoms with Crippen molar-refractivity contribution in [2.45, 2.75) is 6.92 Å². The van der Waals surface area contributed by atoms with E-state index in [0.717, 1.165) is 5.56 Å². The van der Waals surface area contributed by atoms with Crippen LogP contribution in [-0.4, -0.2) is 17.6 Å². The minimum Gasteiger partial charge on any atom is -0.384 e. The Balaban J connectivity index is 2.24. The number of rotatable bonds is 2. The maximum atomic E-state index is 12.2. The second-order valence-electron chi connectivity index (χ2n) is 4.06. The van der Waals surface area contributed by atoms with E-state index in [4.69, 9.17) is 16.7 Å². The van der Waals surface area contributed by atoms with Gasteiger partial charge in [0.1, 0.15) is 11.5 Å². The molecule has 0 aliphatic carbocycles. The number of aryl methyl sites for hydroxylation is 1. The minimum atomic E-state index is -0.255. The Bertz CT molecular complexity index is 697. The first kappa shape index (κ1) is 14.6. The largest absolute Gasteiger partial charge is 0.384 e. The first-order valence-corrected chi connectivity index (χ1v) is 7.12. The number of halogens is 1. The highest BCUT2D eigenvalue weighted by atomic mass is 35.5. The third-order valence-electron chi connectivity index (χ3n) is 2.54. The van der Waals surface area contributed by atoms with Crippen LogP contribution in [-0.2, 0) is 0 Å². The number of amides is 1. The summed E-state index contributed by atoms with van der Waals surface area (Å²) >= 11 is 7.35. The first-order valence-electron chi connectivity index (χ1n) is 5.86. The van der Waals surface area contributed by atoms with Crippen molar-refractivity contribution < 1.29 is 9.90 Å². The predicted octanol–water partition coefficient (Wildman–Crippen LogP) is 3.31. The number of carbonyl (C=O) groups is 1. The summed E-state index contributed by atoms with van der Waals surface area (Å²) in [6.45, 7) is 1.69. The molecule has 0 radical (unpaired) electrons. The Morgan fingerprint density at radius 2 is 2.25 bits per heavy atom. The third kappa shape index (κ3) is 3.40. The van der Waals surface area contributed by atoms with Crippen molar-refractivity contribution in [2.75, 3.05) is 11.9 Å². The van der Waals surface area contributed by atoms with Gasteiger partial charge in [-0.3, -0.25) is 4.79 Å². The van der Waals surface area contributed by atoms with Gasteiger partial charge in [-0.25, -0.2) is 0 Å². The highest BCUT2D eigenvalue weighted by molar-refractivity contribution is 7.12. The van der Waals surface area contributed by atoms with Gasteiger partial charge >= 0.3 is 0 Å². The number of thiophene rings is 1. The number of aliphatic hydroxyl groups is 1. The molecule has 5 heteroatoms. The number of carbonyl (C=O) groups excluding carboxylic acids is 1. The van der Waals surface area contributed by atoms with Crippen LogP contribution in [0.1, 0.15) is 20.8 Å². The number of benzene rings is 1. The molecule has 1 heterocycles. The van der Waals surface area contributed by atoms with E-state index in [1.807, 2.05) is 19.1 Å². The number of anilines is 1. The lowest BCUT2D eigenvalue weighted by Gasteiger charge is -2.07. The molecule has 0 unspecified atom stereocenters. The monoisotopic (exact) mass is 305 g/mol. The van der Waals surface area contributed by atoms with Gasteiger partial charge in [-0.15, -0.1) is 11.3 Å². The molecule has 0 spiro atoms. The molecule has 2 rings (SSSR count). The number of aliphatic hydroxyl groups excluding tert-OH is 1. The number of hydrogen-bond donors (Lipinski definition) is 2. The summed E-state index contributed by atoms with van der Waals surface area (Å²) in [4.78, 5) is 12.7. The molecule has 0 atom stereocenters. The number of nitrogens with one attached hydrogen (secondary N) is 1. The number of hydrogen-bond acceptors (Lipinski definition) is 3. The van der Waals surface area contributed by atoms with Crippen molar-refractivity contribution >= 4 is 34.5 Å². The van der Waals surface area contributed by atoms with Crippen LogP contribution in [0, 0.1) is 18.8 Å². The summed E-state index contributed by atoms with van der Waals surface area (Å²) < 4.78 is 0. The topological polar surface area (TPSA) is 49.3 Å². The molecule has 1 aromatic carbocycles. The Hall–Kier alpha value is -1.80. The quantitative estimate of drug-likeness (QED) is 0.836. The van der Waals surface area contributed by atoms with Crippen LogP contribution in [0.25, 0.3) is 0 Å². The van der Waals surface area contributed by atoms with Gasteiger partial charge in [-0.1, -0.05) is 29.5 Å². The van der Waals surface area contributed by atoms with Gasteiger partial charge in [0.15, 0.2) is 0 Å². The van der Waals surface area contributed by atoms with Crippen molar-refractivity contribution in [3.63, 3.8) is 0 Å². The summed E-state index contributed by atoms with van der Waals surface area (Å²) in [5.41, 5.74) is 2.19. The second-order valence-corrected chi connectivity index (χ2v) is 5.38. The van der Waals surface area contributed by atoms with Crippen LogP contribution >= 0.6 is 22.9 Å². The summed E-state index contributed by atoms with van der Waals surface area (Å²) in [7, 11) is 0. The SMILES string of the molecule is Cc1ccc(Cl)c(NC(=O)c2sccc2C#CCO)c1. The smallest absolute Gasteiger partial charge is 0.267 e. The Kier molecular flexibility index (Phi) is 4.80. The van der Waals surface area contributed by atoms with Gasteiger partial charge in [0.25, 0.3) is 5.91 Å². The van der Waals surface area contributed by atoms with E-state index in [1.54, 1.807) is 17.5 Å². The van der Waals surface area contributed by atoms with Crippen LogP contribution in [0.15, 0.2) is 29.6 Å². The lowest BCUT2D eigenvalue weighted by Crippen LogP contribution is -2.12. The molecule has 1 amide bonds. The molecule has 2 N–H and O–H groups in total. The molecular weight excluding hydrogens is 294 g/mol. The van der Waals surface area contributed by atoms with Crippen LogP contribution in [0.2, 0.25) is 5.02 Å². The average Bonchev–Trinajstić information content (AvgIpc) is 2.89. The molecule has 0 fully saturated rings. The summed E-state index contributed by atoms with van der Waals surface area (Å²) in [6, 6.07) is 7.18. The van der Waals surface area contributed by atoms with Crippen LogP contribution in [0.5, 0.6) is 0 Å². The van der Waals surface area contributed by atoms with Gasteiger partial charge in [-0.2, -0.15) is 0 Å². The summed E-state index contributed by atoms with van der Waals surface area (Å²) in [5.74, 6) is 5.03. The fourth-order valence-corrected chi connectivity index (χ4v) is 2.54. The van der Waals surface area contributed by atoms with Crippen molar-refractivity contribution in [3.8, 4) is 11.8 Å². The van der Waals surface area contributed by atoms with E-state index in [-0.39, 0.29) is 12.5 Å². The highest BCUT2D eigenvalue weighted by Crippen LogP contribution is 2.25. The van der Waals surface area contributed by atoms with Gasteiger partial charge in [0.05, 0.1) is 10.7 Å². The van der Waals surface area contributed by atoms with E-state index in [0.29, 0.717) is 21.2 Å². The molecule has 0 aliphatic heterocycles. The zero-order chi connectivity index (χ0) is 14.5. The minimum absolute atomic E-state index is 0.236. The molecule has 0 saturated heterocycles. The Labute approximate surface area is 126 Å². The average molecular weight is 306 g/mol. The Morgan fingerprint density at radius 3 is 3.00 bits per heavy atom. The van der Waals surface area contributed by atoms with Crippen molar-refractivity contribution in [3.05, 3.63) is 50.7 Å². The van der Waals surface area contributed by atoms with Crippen LogP contribution < -0.4 is 5.32 Å². The zero-order valence-electron chi connectivity index (χ0n) is 10.7. The molecule has 0 bridgehead atoms. The van der Waals surface area contributed by atoms with E-state index in [2.05, 4.69) is 17.2 Å². The van der Waals surface area contributed by atoms with E-state index in [9.17, 15) is 4.79 Å². The van der Waals surface area contributed by atoms with E-state index < -0.39 is 0 Å². The lowest BCUT2D eigenvalue weighted by molar-refractivity contribution is 0.103. The standard InChI is InChI=1S/C15H12ClNO2S/c1-10-4-5-12(16)13(9-10)17-15(19)14-11(3-2-7-18)6-8-20-14/h4-6,8-9,18H,7H2,1H3,(H,17,19). The van der Waals surface area contributed by atoms with Crippen LogP contribution in [0.3, 0.4) is 0 Å². The molecule has 2 aromatic rings. The third-order valence-corrected chi connectivity index (χ3v) is 3.79.